The second-order valence-corrected chi connectivity index (χ2v) is 7.09. The van der Waals surface area contributed by atoms with Gasteiger partial charge in [-0.25, -0.2) is 4.79 Å². The van der Waals surface area contributed by atoms with Crippen LogP contribution in [0.15, 0.2) is 4.99 Å². The summed E-state index contributed by atoms with van der Waals surface area (Å²) in [6.45, 7) is 5.18. The Hall–Kier alpha value is -1.50. The minimum absolute atomic E-state index is 0.205. The van der Waals surface area contributed by atoms with Crippen molar-refractivity contribution in [2.45, 2.75) is 70.4 Å². The summed E-state index contributed by atoms with van der Waals surface area (Å²) in [5.41, 5.74) is 0. The Morgan fingerprint density at radius 1 is 1.12 bits per heavy atom. The van der Waals surface area contributed by atoms with E-state index in [0.29, 0.717) is 25.4 Å². The van der Waals surface area contributed by atoms with E-state index < -0.39 is 0 Å². The van der Waals surface area contributed by atoms with Crippen LogP contribution >= 0.6 is 0 Å². The van der Waals surface area contributed by atoms with Crippen LogP contribution < -0.4 is 10.6 Å². The van der Waals surface area contributed by atoms with Gasteiger partial charge in [-0.2, -0.15) is 0 Å². The number of nitrogens with zero attached hydrogens (tertiary/aromatic N) is 2. The van der Waals surface area contributed by atoms with E-state index in [1.54, 1.807) is 11.9 Å². The fourth-order valence-corrected chi connectivity index (χ4v) is 3.61. The maximum Gasteiger partial charge on any atom is 0.409 e. The number of piperidine rings is 1. The molecule has 7 heteroatoms. The molecule has 150 valence electrons. The fraction of sp³-hybridized carbons (Fsp3) is 0.895. The highest BCUT2D eigenvalue weighted by molar-refractivity contribution is 5.80. The van der Waals surface area contributed by atoms with Crippen molar-refractivity contribution in [3.8, 4) is 0 Å². The van der Waals surface area contributed by atoms with E-state index in [4.69, 9.17) is 9.47 Å². The van der Waals surface area contributed by atoms with Crippen LogP contribution in [0.25, 0.3) is 0 Å². The van der Waals surface area contributed by atoms with Crippen molar-refractivity contribution >= 4 is 12.1 Å². The second-order valence-electron chi connectivity index (χ2n) is 7.09. The molecule has 1 amide bonds. The van der Waals surface area contributed by atoms with Gasteiger partial charge in [0.1, 0.15) is 0 Å². The molecule has 0 spiro atoms. The van der Waals surface area contributed by atoms with Crippen LogP contribution in [-0.2, 0) is 9.47 Å². The first-order chi connectivity index (χ1) is 12.7. The van der Waals surface area contributed by atoms with Crippen molar-refractivity contribution in [3.63, 3.8) is 0 Å². The zero-order valence-corrected chi connectivity index (χ0v) is 16.5. The third-order valence-electron chi connectivity index (χ3n) is 5.14. The summed E-state index contributed by atoms with van der Waals surface area (Å²) in [5.74, 6) is 0.809. The molecule has 0 aromatic heterocycles. The molecule has 2 aliphatic rings. The molecule has 1 saturated heterocycles. The fourth-order valence-electron chi connectivity index (χ4n) is 3.61. The average molecular weight is 369 g/mol. The van der Waals surface area contributed by atoms with Crippen LogP contribution in [0, 0.1) is 0 Å². The predicted molar refractivity (Wildman–Crippen MR) is 104 cm³/mol. The number of hydrogen-bond donors (Lipinski definition) is 2. The molecule has 1 aliphatic carbocycles. The van der Waals surface area contributed by atoms with Crippen LogP contribution in [0.5, 0.6) is 0 Å². The molecular weight excluding hydrogens is 332 g/mol. The standard InChI is InChI=1S/C19H36N4O3/c1-3-25-19(24)23-13-10-16(11-14-23)22-18(20-2)21-12-15-26-17-8-6-4-5-7-9-17/h16-17H,3-15H2,1-2H3,(H2,20,21,22). The molecule has 0 radical (unpaired) electrons. The number of carbonyl (C=O) groups is 1. The van der Waals surface area contributed by atoms with E-state index in [1.807, 2.05) is 6.92 Å². The smallest absolute Gasteiger partial charge is 0.409 e. The maximum absolute atomic E-state index is 11.7. The summed E-state index contributed by atoms with van der Waals surface area (Å²) in [6.07, 6.45) is 9.73. The van der Waals surface area contributed by atoms with Gasteiger partial charge in [0.05, 0.1) is 19.3 Å². The molecule has 0 bridgehead atoms. The van der Waals surface area contributed by atoms with Crippen LogP contribution in [0.2, 0.25) is 0 Å². The average Bonchev–Trinajstić information content (AvgIpc) is 2.93. The number of amides is 1. The number of likely N-dealkylation sites (tertiary alicyclic amines) is 1. The Morgan fingerprint density at radius 2 is 1.81 bits per heavy atom. The SMILES string of the molecule is CCOC(=O)N1CCC(NC(=NC)NCCOC2CCCCCC2)CC1. The number of aliphatic imine (C=N–C) groups is 1. The lowest BCUT2D eigenvalue weighted by molar-refractivity contribution is 0.0467. The van der Waals surface area contributed by atoms with Crippen LogP contribution in [0.1, 0.15) is 58.3 Å². The number of guanidine groups is 1. The lowest BCUT2D eigenvalue weighted by Crippen LogP contribution is -2.50. The van der Waals surface area contributed by atoms with E-state index in [9.17, 15) is 4.79 Å². The molecule has 0 atom stereocenters. The summed E-state index contributed by atoms with van der Waals surface area (Å²) in [4.78, 5) is 17.8. The van der Waals surface area contributed by atoms with Crippen molar-refractivity contribution in [2.75, 3.05) is 39.9 Å². The molecular formula is C19H36N4O3. The molecule has 0 unspecified atom stereocenters. The quantitative estimate of drug-likeness (QED) is 0.326. The van der Waals surface area contributed by atoms with Crippen molar-refractivity contribution in [3.05, 3.63) is 0 Å². The number of carbonyl (C=O) groups excluding carboxylic acids is 1. The Morgan fingerprint density at radius 3 is 2.42 bits per heavy atom. The van der Waals surface area contributed by atoms with Gasteiger partial charge in [-0.1, -0.05) is 25.7 Å². The highest BCUT2D eigenvalue weighted by Gasteiger charge is 2.24. The van der Waals surface area contributed by atoms with Crippen molar-refractivity contribution < 1.29 is 14.3 Å². The molecule has 7 nitrogen and oxygen atoms in total. The Labute approximate surface area is 157 Å². The lowest BCUT2D eigenvalue weighted by Gasteiger charge is -2.32. The first kappa shape index (κ1) is 20.8. The Balaban J connectivity index is 1.60. The van der Waals surface area contributed by atoms with E-state index in [1.165, 1.54) is 38.5 Å². The third-order valence-corrected chi connectivity index (χ3v) is 5.14. The van der Waals surface area contributed by atoms with Crippen molar-refractivity contribution in [2.24, 2.45) is 4.99 Å². The van der Waals surface area contributed by atoms with Crippen molar-refractivity contribution in [1.29, 1.82) is 0 Å². The molecule has 1 aliphatic heterocycles. The molecule has 0 aromatic rings. The van der Waals surface area contributed by atoms with Crippen LogP contribution in [-0.4, -0.2) is 69.0 Å². The van der Waals surface area contributed by atoms with Gasteiger partial charge in [-0.3, -0.25) is 4.99 Å². The Kier molecular flexibility index (Phi) is 9.60. The monoisotopic (exact) mass is 368 g/mol. The topological polar surface area (TPSA) is 75.2 Å². The van der Waals surface area contributed by atoms with Crippen LogP contribution in [0.4, 0.5) is 4.79 Å². The molecule has 26 heavy (non-hydrogen) atoms. The van der Waals surface area contributed by atoms with Gasteiger partial charge in [0.15, 0.2) is 5.96 Å². The minimum Gasteiger partial charge on any atom is -0.450 e. The number of hydrogen-bond acceptors (Lipinski definition) is 4. The highest BCUT2D eigenvalue weighted by atomic mass is 16.6. The molecule has 1 saturated carbocycles. The van der Waals surface area contributed by atoms with Gasteiger partial charge in [0, 0.05) is 32.7 Å². The van der Waals surface area contributed by atoms with Crippen LogP contribution in [0.3, 0.4) is 0 Å². The van der Waals surface area contributed by atoms with Gasteiger partial charge in [0.25, 0.3) is 0 Å². The van der Waals surface area contributed by atoms with Gasteiger partial charge < -0.3 is 25.0 Å². The first-order valence-electron chi connectivity index (χ1n) is 10.2. The van der Waals surface area contributed by atoms with E-state index in [-0.39, 0.29) is 6.09 Å². The molecule has 1 heterocycles. The van der Waals surface area contributed by atoms with Gasteiger partial charge in [-0.15, -0.1) is 0 Å². The predicted octanol–water partition coefficient (Wildman–Crippen LogP) is 2.51. The van der Waals surface area contributed by atoms with E-state index in [0.717, 1.165) is 38.4 Å². The van der Waals surface area contributed by atoms with E-state index >= 15 is 0 Å². The molecule has 2 N–H and O–H groups in total. The highest BCUT2D eigenvalue weighted by Crippen LogP contribution is 2.19. The second kappa shape index (κ2) is 12.0. The lowest BCUT2D eigenvalue weighted by atomic mass is 10.1. The first-order valence-corrected chi connectivity index (χ1v) is 10.2. The Bertz CT molecular complexity index is 429. The maximum atomic E-state index is 11.7. The minimum atomic E-state index is -0.205. The zero-order valence-electron chi connectivity index (χ0n) is 16.5. The summed E-state index contributed by atoms with van der Waals surface area (Å²) in [6, 6.07) is 0.328. The summed E-state index contributed by atoms with van der Waals surface area (Å²) < 4.78 is 11.1. The van der Waals surface area contributed by atoms with Crippen molar-refractivity contribution in [1.82, 2.24) is 15.5 Å². The molecule has 0 aromatic carbocycles. The number of nitrogens with one attached hydrogen (secondary N) is 2. The van der Waals surface area contributed by atoms with Gasteiger partial charge in [-0.05, 0) is 32.6 Å². The van der Waals surface area contributed by atoms with Gasteiger partial charge >= 0.3 is 6.09 Å². The summed E-state index contributed by atoms with van der Waals surface area (Å²) in [7, 11) is 1.79. The van der Waals surface area contributed by atoms with Gasteiger partial charge in [0.2, 0.25) is 0 Å². The normalized spacial score (nSPS) is 20.5. The largest absolute Gasteiger partial charge is 0.450 e. The number of ether oxygens (including phenoxy) is 2. The third kappa shape index (κ3) is 7.40. The molecule has 2 rings (SSSR count). The summed E-state index contributed by atoms with van der Waals surface area (Å²) in [5, 5.41) is 6.78. The molecule has 2 fully saturated rings. The summed E-state index contributed by atoms with van der Waals surface area (Å²) >= 11 is 0. The van der Waals surface area contributed by atoms with E-state index in [2.05, 4.69) is 15.6 Å². The number of rotatable bonds is 6. The zero-order chi connectivity index (χ0) is 18.6.